The summed E-state index contributed by atoms with van der Waals surface area (Å²) in [5.41, 5.74) is 5.02. The summed E-state index contributed by atoms with van der Waals surface area (Å²) in [6.45, 7) is 12.5. The summed E-state index contributed by atoms with van der Waals surface area (Å²) in [6.07, 6.45) is 7.92. The third-order valence-electron chi connectivity index (χ3n) is 8.12. The van der Waals surface area contributed by atoms with Crippen LogP contribution >= 0.6 is 23.1 Å². The number of piperidine rings is 1. The minimum Gasteiger partial charge on any atom is -0.494 e. The van der Waals surface area contributed by atoms with Gasteiger partial charge >= 0.3 is 0 Å². The number of aromatic nitrogens is 4. The van der Waals surface area contributed by atoms with Crippen LogP contribution in [0.25, 0.3) is 11.1 Å². The molecule has 1 saturated heterocycles. The predicted molar refractivity (Wildman–Crippen MR) is 181 cm³/mol. The molecule has 2 aromatic heterocycles. The highest BCUT2D eigenvalue weighted by molar-refractivity contribution is 9.10. The quantitative estimate of drug-likeness (QED) is 0.185. The van der Waals surface area contributed by atoms with Crippen molar-refractivity contribution < 1.29 is 9.30 Å². The van der Waals surface area contributed by atoms with Crippen molar-refractivity contribution in [1.29, 1.82) is 0 Å². The van der Waals surface area contributed by atoms with Gasteiger partial charge in [-0.3, -0.25) is 4.68 Å². The van der Waals surface area contributed by atoms with Crippen LogP contribution < -0.4 is 25.6 Å². The normalized spacial score (nSPS) is 14.6. The third kappa shape index (κ3) is 7.07. The Hall–Kier alpha value is -3.36. The van der Waals surface area contributed by atoms with E-state index in [0.29, 0.717) is 33.3 Å². The lowest BCUT2D eigenvalue weighted by Crippen LogP contribution is -2.38. The van der Waals surface area contributed by atoms with Crippen molar-refractivity contribution in [1.82, 2.24) is 19.7 Å². The number of nitrogens with one attached hydrogen (secondary N) is 2. The summed E-state index contributed by atoms with van der Waals surface area (Å²) in [7, 11) is 1.10. The molecule has 9 nitrogen and oxygen atoms in total. The van der Waals surface area contributed by atoms with E-state index in [0.717, 1.165) is 59.4 Å². The van der Waals surface area contributed by atoms with Gasteiger partial charge in [-0.15, -0.1) is 0 Å². The fourth-order valence-corrected chi connectivity index (χ4v) is 7.13. The van der Waals surface area contributed by atoms with Crippen molar-refractivity contribution >= 4 is 57.2 Å². The van der Waals surface area contributed by atoms with Crippen LogP contribution in [0.4, 0.5) is 28.8 Å². The first-order chi connectivity index (χ1) is 20.3. The highest BCUT2D eigenvalue weighted by Crippen LogP contribution is 2.43. The zero-order valence-electron chi connectivity index (χ0n) is 26.0. The van der Waals surface area contributed by atoms with E-state index in [1.165, 1.54) is 0 Å². The summed E-state index contributed by atoms with van der Waals surface area (Å²) in [5.74, 6) is 2.35. The molecule has 0 radical (unpaired) electrons. The van der Waals surface area contributed by atoms with Gasteiger partial charge in [-0.1, -0.05) is 32.9 Å². The Kier molecular flexibility index (Phi) is 8.91. The van der Waals surface area contributed by atoms with Crippen molar-refractivity contribution in [3.63, 3.8) is 0 Å². The van der Waals surface area contributed by atoms with E-state index in [4.69, 9.17) is 9.72 Å². The lowest BCUT2D eigenvalue weighted by molar-refractivity contribution is 0.199. The molecular formula is C32H41BrN7O2P. The highest BCUT2D eigenvalue weighted by atomic mass is 79.9. The smallest absolute Gasteiger partial charge is 0.229 e. The van der Waals surface area contributed by atoms with Gasteiger partial charge < -0.3 is 24.8 Å². The number of rotatable bonds is 8. The van der Waals surface area contributed by atoms with Crippen LogP contribution in [0.1, 0.15) is 33.6 Å². The van der Waals surface area contributed by atoms with E-state index in [9.17, 15) is 4.57 Å². The highest BCUT2D eigenvalue weighted by Gasteiger charge is 2.30. The Labute approximate surface area is 263 Å². The van der Waals surface area contributed by atoms with Crippen LogP contribution in [0.15, 0.2) is 59.5 Å². The lowest BCUT2D eigenvalue weighted by atomic mass is 9.75. The molecule has 0 atom stereocenters. The molecule has 5 rings (SSSR count). The average molecular weight is 667 g/mol. The maximum absolute atomic E-state index is 12.9. The molecule has 0 saturated carbocycles. The predicted octanol–water partition coefficient (Wildman–Crippen LogP) is 7.65. The lowest BCUT2D eigenvalue weighted by Gasteiger charge is -2.40. The van der Waals surface area contributed by atoms with Crippen LogP contribution in [-0.4, -0.2) is 53.3 Å². The molecule has 1 aliphatic rings. The van der Waals surface area contributed by atoms with Crippen LogP contribution in [0, 0.1) is 11.3 Å². The molecule has 228 valence electrons. The Morgan fingerprint density at radius 2 is 1.77 bits per heavy atom. The monoisotopic (exact) mass is 665 g/mol. The molecular weight excluding hydrogens is 625 g/mol. The minimum atomic E-state index is -2.51. The third-order valence-corrected chi connectivity index (χ3v) is 10.3. The summed E-state index contributed by atoms with van der Waals surface area (Å²) >= 11 is 3.57. The Morgan fingerprint density at radius 3 is 2.40 bits per heavy atom. The second kappa shape index (κ2) is 12.3. The van der Waals surface area contributed by atoms with E-state index < -0.39 is 7.14 Å². The summed E-state index contributed by atoms with van der Waals surface area (Å²) in [6, 6.07) is 11.8. The zero-order chi connectivity index (χ0) is 30.9. The van der Waals surface area contributed by atoms with Gasteiger partial charge in [0.1, 0.15) is 18.7 Å². The number of hydrogen-bond acceptors (Lipinski definition) is 8. The van der Waals surface area contributed by atoms with Crippen molar-refractivity contribution in [2.24, 2.45) is 18.4 Å². The van der Waals surface area contributed by atoms with E-state index in [1.807, 2.05) is 48.4 Å². The van der Waals surface area contributed by atoms with E-state index in [2.05, 4.69) is 74.5 Å². The molecule has 0 spiro atoms. The van der Waals surface area contributed by atoms with E-state index in [1.54, 1.807) is 26.6 Å². The molecule has 2 aromatic carbocycles. The first kappa shape index (κ1) is 31.1. The molecule has 11 heteroatoms. The van der Waals surface area contributed by atoms with Gasteiger partial charge in [-0.05, 0) is 71.6 Å². The number of halogens is 1. The second-order valence-electron chi connectivity index (χ2n) is 12.6. The first-order valence-corrected chi connectivity index (χ1v) is 17.9. The zero-order valence-corrected chi connectivity index (χ0v) is 28.5. The van der Waals surface area contributed by atoms with Gasteiger partial charge in [-0.2, -0.15) is 10.1 Å². The van der Waals surface area contributed by atoms with Gasteiger partial charge in [0.25, 0.3) is 0 Å². The van der Waals surface area contributed by atoms with E-state index in [-0.39, 0.29) is 0 Å². The fraction of sp³-hybridized carbons (Fsp3) is 0.406. The SMILES string of the molecule is COc1cc(N2CCC(C(C)(C)C)CC2)c(-c2cnn(C)c2)cc1Nc1ncc(Br)c(Nc2ccccc2P(C)(C)=O)n1. The molecule has 1 fully saturated rings. The Balaban J connectivity index is 1.49. The fourth-order valence-electron chi connectivity index (χ4n) is 5.69. The van der Waals surface area contributed by atoms with Crippen LogP contribution in [-0.2, 0) is 11.6 Å². The number of para-hydroxylation sites is 1. The Bertz CT molecular complexity index is 1650. The molecule has 0 unspecified atom stereocenters. The Morgan fingerprint density at radius 1 is 1.05 bits per heavy atom. The summed E-state index contributed by atoms with van der Waals surface area (Å²) in [5, 5.41) is 12.0. The first-order valence-electron chi connectivity index (χ1n) is 14.5. The van der Waals surface area contributed by atoms with Gasteiger partial charge in [0, 0.05) is 60.7 Å². The molecule has 0 bridgehead atoms. The number of anilines is 5. The van der Waals surface area contributed by atoms with Crippen molar-refractivity contribution in [2.75, 3.05) is 49.1 Å². The minimum absolute atomic E-state index is 0.303. The van der Waals surface area contributed by atoms with E-state index >= 15 is 0 Å². The average Bonchev–Trinajstić information content (AvgIpc) is 3.40. The molecule has 2 N–H and O–H groups in total. The van der Waals surface area contributed by atoms with Gasteiger partial charge in [0.05, 0.1) is 29.2 Å². The summed E-state index contributed by atoms with van der Waals surface area (Å²) < 4.78 is 21.3. The topological polar surface area (TPSA) is 97.2 Å². The molecule has 1 aliphatic heterocycles. The van der Waals surface area contributed by atoms with Crippen molar-refractivity contribution in [3.05, 3.63) is 59.5 Å². The number of ether oxygens (including phenoxy) is 1. The largest absolute Gasteiger partial charge is 0.494 e. The van der Waals surface area contributed by atoms with Crippen LogP contribution in [0.3, 0.4) is 0 Å². The molecule has 3 heterocycles. The molecule has 43 heavy (non-hydrogen) atoms. The standard InChI is InChI=1S/C32H41BrN7O2P/c1-32(2,3)22-12-14-40(15-13-22)27-17-28(42-5)26(16-23(27)21-18-35-39(4)20-21)37-31-34-19-24(33)30(38-31)36-25-10-8-9-11-29(25)43(6,7)41/h8-11,16-20,22H,12-15H2,1-7H3,(H2,34,36,37,38). The van der Waals surface area contributed by atoms with Crippen molar-refractivity contribution in [2.45, 2.75) is 33.6 Å². The maximum atomic E-state index is 12.9. The number of nitrogens with zero attached hydrogens (tertiary/aromatic N) is 5. The van der Waals surface area contributed by atoms with Gasteiger partial charge in [-0.25, -0.2) is 4.98 Å². The van der Waals surface area contributed by atoms with Crippen molar-refractivity contribution in [3.8, 4) is 16.9 Å². The van der Waals surface area contributed by atoms with Gasteiger partial charge in [0.2, 0.25) is 5.95 Å². The number of hydrogen-bond donors (Lipinski definition) is 2. The number of aryl methyl sites for hydroxylation is 1. The number of methoxy groups -OCH3 is 1. The summed E-state index contributed by atoms with van der Waals surface area (Å²) in [4.78, 5) is 11.8. The number of benzene rings is 2. The molecule has 0 amide bonds. The van der Waals surface area contributed by atoms with Crippen LogP contribution in [0.5, 0.6) is 5.75 Å². The van der Waals surface area contributed by atoms with Crippen LogP contribution in [0.2, 0.25) is 0 Å². The second-order valence-corrected chi connectivity index (χ2v) is 16.6. The maximum Gasteiger partial charge on any atom is 0.229 e. The van der Waals surface area contributed by atoms with Gasteiger partial charge in [0.15, 0.2) is 0 Å². The molecule has 0 aliphatic carbocycles. The molecule has 4 aromatic rings.